The second-order valence-corrected chi connectivity index (χ2v) is 4.41. The largest absolute Gasteiger partial charge is 0.460 e. The molecule has 0 bridgehead atoms. The predicted molar refractivity (Wildman–Crippen MR) is 63.1 cm³/mol. The first-order chi connectivity index (χ1) is 7.41. The summed E-state index contributed by atoms with van der Waals surface area (Å²) in [6.07, 6.45) is 0.225. The molecule has 3 nitrogen and oxygen atoms in total. The standard InChI is InChI=1S/C10H12F2INO2/c1-2-9(15)16-7-8(13)6-10(11,12)4-3-5-14/h6H,2-4,7H2,1H3/b8-6+. The maximum Gasteiger partial charge on any atom is 0.305 e. The van der Waals surface area contributed by atoms with Gasteiger partial charge < -0.3 is 4.74 Å². The van der Waals surface area contributed by atoms with Crippen LogP contribution in [0.2, 0.25) is 0 Å². The van der Waals surface area contributed by atoms with Crippen molar-refractivity contribution in [2.75, 3.05) is 6.61 Å². The first-order valence-corrected chi connectivity index (χ1v) is 5.76. The Morgan fingerprint density at radius 2 is 2.25 bits per heavy atom. The van der Waals surface area contributed by atoms with E-state index in [1.54, 1.807) is 35.6 Å². The summed E-state index contributed by atoms with van der Waals surface area (Å²) in [5.74, 6) is -3.45. The fourth-order valence-electron chi connectivity index (χ4n) is 0.817. The zero-order valence-electron chi connectivity index (χ0n) is 8.80. The molecular formula is C10H12F2INO2. The van der Waals surface area contributed by atoms with Crippen molar-refractivity contribution in [3.05, 3.63) is 9.66 Å². The van der Waals surface area contributed by atoms with E-state index in [0.29, 0.717) is 0 Å². The minimum Gasteiger partial charge on any atom is -0.460 e. The molecule has 0 aromatic heterocycles. The zero-order valence-corrected chi connectivity index (χ0v) is 11.0. The molecule has 0 aromatic rings. The number of hydrogen-bond donors (Lipinski definition) is 0. The van der Waals surface area contributed by atoms with Crippen molar-refractivity contribution >= 4 is 28.6 Å². The van der Waals surface area contributed by atoms with Crippen molar-refractivity contribution in [2.45, 2.75) is 32.1 Å². The monoisotopic (exact) mass is 343 g/mol. The van der Waals surface area contributed by atoms with Gasteiger partial charge in [-0.3, -0.25) is 4.79 Å². The van der Waals surface area contributed by atoms with E-state index in [9.17, 15) is 13.6 Å². The summed E-state index contributed by atoms with van der Waals surface area (Å²) < 4.78 is 31.1. The second kappa shape index (κ2) is 7.54. The first-order valence-electron chi connectivity index (χ1n) is 4.69. The van der Waals surface area contributed by atoms with Crippen LogP contribution in [-0.2, 0) is 9.53 Å². The van der Waals surface area contributed by atoms with Crippen LogP contribution in [0.25, 0.3) is 0 Å². The van der Waals surface area contributed by atoms with Gasteiger partial charge in [-0.2, -0.15) is 5.26 Å². The molecule has 6 heteroatoms. The Morgan fingerprint density at radius 1 is 1.62 bits per heavy atom. The van der Waals surface area contributed by atoms with E-state index in [0.717, 1.165) is 6.08 Å². The van der Waals surface area contributed by atoms with E-state index in [-0.39, 0.29) is 23.0 Å². The Bertz CT molecular complexity index is 310. The van der Waals surface area contributed by atoms with Gasteiger partial charge in [0.05, 0.1) is 6.07 Å². The SMILES string of the molecule is CCC(=O)OC/C(I)=C\C(F)(F)CCC#N. The van der Waals surface area contributed by atoms with E-state index in [4.69, 9.17) is 10.00 Å². The fourth-order valence-corrected chi connectivity index (χ4v) is 1.43. The average molecular weight is 343 g/mol. The third-order valence-electron chi connectivity index (χ3n) is 1.60. The zero-order chi connectivity index (χ0) is 12.6. The Morgan fingerprint density at radius 3 is 2.75 bits per heavy atom. The molecule has 0 aliphatic rings. The van der Waals surface area contributed by atoms with Crippen LogP contribution in [-0.4, -0.2) is 18.5 Å². The summed E-state index contributed by atoms with van der Waals surface area (Å²) in [6, 6.07) is 1.66. The van der Waals surface area contributed by atoms with Crippen molar-refractivity contribution in [1.29, 1.82) is 5.26 Å². The minimum atomic E-state index is -3.02. The topological polar surface area (TPSA) is 50.1 Å². The number of carbonyl (C=O) groups is 1. The van der Waals surface area contributed by atoms with Crippen molar-refractivity contribution in [1.82, 2.24) is 0 Å². The summed E-state index contributed by atoms with van der Waals surface area (Å²) in [6.45, 7) is 1.48. The van der Waals surface area contributed by atoms with Gasteiger partial charge in [0.1, 0.15) is 6.61 Å². The highest BCUT2D eigenvalue weighted by Gasteiger charge is 2.25. The van der Waals surface area contributed by atoms with Crippen molar-refractivity contribution in [3.63, 3.8) is 0 Å². The number of allylic oxidation sites excluding steroid dienone is 1. The molecule has 0 saturated heterocycles. The summed E-state index contributed by atoms with van der Waals surface area (Å²) in [4.78, 5) is 10.8. The molecule has 16 heavy (non-hydrogen) atoms. The first kappa shape index (κ1) is 15.3. The second-order valence-electron chi connectivity index (χ2n) is 3.02. The number of esters is 1. The minimum absolute atomic E-state index is 0.143. The number of alkyl halides is 2. The van der Waals surface area contributed by atoms with E-state index in [2.05, 4.69) is 0 Å². The van der Waals surface area contributed by atoms with Crippen LogP contribution in [0, 0.1) is 11.3 Å². The van der Waals surface area contributed by atoms with Gasteiger partial charge in [-0.1, -0.05) is 6.92 Å². The number of ether oxygens (including phenoxy) is 1. The number of nitriles is 1. The lowest BCUT2D eigenvalue weighted by molar-refractivity contribution is -0.142. The summed E-state index contributed by atoms with van der Waals surface area (Å²) in [5, 5.41) is 8.20. The molecule has 0 radical (unpaired) electrons. The molecule has 0 aromatic carbocycles. The number of nitrogens with zero attached hydrogens (tertiary/aromatic N) is 1. The molecule has 0 N–H and O–H groups in total. The Labute approximate surface area is 107 Å². The third-order valence-corrected chi connectivity index (χ3v) is 2.22. The van der Waals surface area contributed by atoms with Gasteiger partial charge in [-0.25, -0.2) is 8.78 Å². The van der Waals surface area contributed by atoms with E-state index < -0.39 is 18.3 Å². The van der Waals surface area contributed by atoms with Gasteiger partial charge in [0, 0.05) is 22.8 Å². The van der Waals surface area contributed by atoms with E-state index >= 15 is 0 Å². The van der Waals surface area contributed by atoms with Gasteiger partial charge >= 0.3 is 5.97 Å². The highest BCUT2D eigenvalue weighted by atomic mass is 127. The maximum atomic E-state index is 13.1. The fraction of sp³-hybridized carbons (Fsp3) is 0.600. The summed E-state index contributed by atoms with van der Waals surface area (Å²) >= 11 is 1.69. The lowest BCUT2D eigenvalue weighted by Gasteiger charge is -2.10. The van der Waals surface area contributed by atoms with Crippen molar-refractivity contribution in [3.8, 4) is 6.07 Å². The Hall–Kier alpha value is -0.710. The quantitative estimate of drug-likeness (QED) is 0.550. The molecule has 0 rings (SSSR count). The van der Waals surface area contributed by atoms with Crippen molar-refractivity contribution < 1.29 is 18.3 Å². The van der Waals surface area contributed by atoms with Crippen LogP contribution in [0.1, 0.15) is 26.2 Å². The molecule has 0 saturated carbocycles. The number of carbonyl (C=O) groups excluding carboxylic acids is 1. The van der Waals surface area contributed by atoms with Gasteiger partial charge in [0.25, 0.3) is 5.92 Å². The Balaban J connectivity index is 4.19. The molecule has 0 aliphatic carbocycles. The molecule has 0 aliphatic heterocycles. The molecule has 0 amide bonds. The normalized spacial score (nSPS) is 12.1. The molecule has 0 fully saturated rings. The van der Waals surface area contributed by atoms with Gasteiger partial charge in [0.15, 0.2) is 0 Å². The van der Waals surface area contributed by atoms with Crippen LogP contribution < -0.4 is 0 Å². The van der Waals surface area contributed by atoms with Crippen LogP contribution in [0.4, 0.5) is 8.78 Å². The molecule has 0 heterocycles. The van der Waals surface area contributed by atoms with Crippen LogP contribution in [0.5, 0.6) is 0 Å². The molecule has 0 spiro atoms. The summed E-state index contributed by atoms with van der Waals surface area (Å²) in [7, 11) is 0. The van der Waals surface area contributed by atoms with E-state index in [1.165, 1.54) is 0 Å². The molecule has 0 atom stereocenters. The van der Waals surface area contributed by atoms with Gasteiger partial charge in [0.2, 0.25) is 0 Å². The maximum absolute atomic E-state index is 13.1. The lowest BCUT2D eigenvalue weighted by Crippen LogP contribution is -2.13. The lowest BCUT2D eigenvalue weighted by atomic mass is 10.2. The van der Waals surface area contributed by atoms with Crippen molar-refractivity contribution in [2.24, 2.45) is 0 Å². The molecule has 0 unspecified atom stereocenters. The van der Waals surface area contributed by atoms with Crippen LogP contribution in [0.3, 0.4) is 0 Å². The Kier molecular flexibility index (Phi) is 7.21. The van der Waals surface area contributed by atoms with Gasteiger partial charge in [-0.15, -0.1) is 0 Å². The number of rotatable bonds is 6. The average Bonchev–Trinajstić information content (AvgIpc) is 2.22. The van der Waals surface area contributed by atoms with E-state index in [1.807, 2.05) is 0 Å². The predicted octanol–water partition coefficient (Wildman–Crippen LogP) is 3.20. The highest BCUT2D eigenvalue weighted by Crippen LogP contribution is 2.25. The third kappa shape index (κ3) is 7.56. The van der Waals surface area contributed by atoms with Crippen LogP contribution >= 0.6 is 22.6 Å². The highest BCUT2D eigenvalue weighted by molar-refractivity contribution is 14.1. The number of halogens is 3. The van der Waals surface area contributed by atoms with Gasteiger partial charge in [-0.05, 0) is 28.7 Å². The molecular weight excluding hydrogens is 331 g/mol. The smallest absolute Gasteiger partial charge is 0.305 e. The molecule has 90 valence electrons. The summed E-state index contributed by atoms with van der Waals surface area (Å²) in [5.41, 5.74) is 0. The number of hydrogen-bond acceptors (Lipinski definition) is 3. The van der Waals surface area contributed by atoms with Crippen LogP contribution in [0.15, 0.2) is 9.66 Å².